The zero-order valence-corrected chi connectivity index (χ0v) is 20.2. The van der Waals surface area contributed by atoms with Crippen LogP contribution >= 0.6 is 0 Å². The molecule has 0 aliphatic heterocycles. The lowest BCUT2D eigenvalue weighted by Gasteiger charge is -2.28. The number of aryl methyl sites for hydroxylation is 2. The highest BCUT2D eigenvalue weighted by Gasteiger charge is 2.21. The van der Waals surface area contributed by atoms with E-state index in [-0.39, 0.29) is 42.8 Å². The molecular weight excluding hydrogens is 467 g/mol. The lowest BCUT2D eigenvalue weighted by Crippen LogP contribution is -2.32. The van der Waals surface area contributed by atoms with E-state index in [2.05, 4.69) is 15.3 Å². The first-order chi connectivity index (χ1) is 17.0. The third kappa shape index (κ3) is 6.70. The first-order valence-corrected chi connectivity index (χ1v) is 11.2. The van der Waals surface area contributed by atoms with Crippen LogP contribution in [0.2, 0.25) is 0 Å². The average molecular weight is 495 g/mol. The minimum absolute atomic E-state index is 0.114. The minimum atomic E-state index is -1.04. The summed E-state index contributed by atoms with van der Waals surface area (Å²) in [7, 11) is 0. The van der Waals surface area contributed by atoms with Crippen LogP contribution in [0.4, 0.5) is 4.39 Å². The first-order valence-electron chi connectivity index (χ1n) is 11.2. The predicted molar refractivity (Wildman–Crippen MR) is 129 cm³/mol. The molecule has 0 saturated carbocycles. The Morgan fingerprint density at radius 2 is 1.78 bits per heavy atom. The molecule has 0 aliphatic rings. The zero-order chi connectivity index (χ0) is 26.4. The molecule has 0 aliphatic carbocycles. The quantitative estimate of drug-likeness (QED) is 0.390. The highest BCUT2D eigenvalue weighted by molar-refractivity contribution is 5.92. The normalized spacial score (nSPS) is 11.8. The van der Waals surface area contributed by atoms with Gasteiger partial charge >= 0.3 is 11.9 Å². The molecule has 3 rings (SSSR count). The second kappa shape index (κ2) is 11.5. The summed E-state index contributed by atoms with van der Waals surface area (Å²) in [5.41, 5.74) is 3.27. The van der Waals surface area contributed by atoms with E-state index < -0.39 is 17.8 Å². The van der Waals surface area contributed by atoms with Crippen LogP contribution in [0.5, 0.6) is 0 Å². The van der Waals surface area contributed by atoms with Gasteiger partial charge in [-0.05, 0) is 61.2 Å². The summed E-state index contributed by atoms with van der Waals surface area (Å²) in [4.78, 5) is 45.4. The van der Waals surface area contributed by atoms with Gasteiger partial charge in [0.05, 0.1) is 17.8 Å². The maximum atomic E-state index is 13.5. The molecule has 0 saturated heterocycles. The fraction of sp³-hybridized carbons (Fsp3) is 0.269. The van der Waals surface area contributed by atoms with Gasteiger partial charge in [0.2, 0.25) is 0 Å². The van der Waals surface area contributed by atoms with Crippen molar-refractivity contribution in [2.24, 2.45) is 0 Å². The predicted octanol–water partition coefficient (Wildman–Crippen LogP) is 3.51. The van der Waals surface area contributed by atoms with Gasteiger partial charge in [0.1, 0.15) is 17.8 Å². The van der Waals surface area contributed by atoms with E-state index in [1.54, 1.807) is 43.0 Å². The Bertz CT molecular complexity index is 1300. The Hall–Kier alpha value is -4.18. The van der Waals surface area contributed by atoms with Crippen LogP contribution in [-0.2, 0) is 17.9 Å². The molecule has 9 nitrogen and oxygen atoms in total. The number of aliphatic carboxylic acids is 1. The summed E-state index contributed by atoms with van der Waals surface area (Å²) < 4.78 is 13.5. The number of nitrogens with one attached hydrogen (secondary N) is 1. The molecule has 188 valence electrons. The van der Waals surface area contributed by atoms with E-state index in [4.69, 9.17) is 0 Å². The van der Waals surface area contributed by atoms with Crippen molar-refractivity contribution in [1.29, 1.82) is 0 Å². The summed E-state index contributed by atoms with van der Waals surface area (Å²) in [6, 6.07) is 10.6. The number of aromatic nitrogens is 2. The number of hydrogen-bond donors (Lipinski definition) is 3. The topological polar surface area (TPSA) is 133 Å². The molecule has 3 aromatic rings. The van der Waals surface area contributed by atoms with Gasteiger partial charge < -0.3 is 15.5 Å². The van der Waals surface area contributed by atoms with Gasteiger partial charge in [-0.15, -0.1) is 0 Å². The second-order valence-electron chi connectivity index (χ2n) is 8.52. The molecular formula is C26H27FN4O5. The lowest BCUT2D eigenvalue weighted by atomic mass is 10.00. The highest BCUT2D eigenvalue weighted by Crippen LogP contribution is 2.24. The van der Waals surface area contributed by atoms with Crippen LogP contribution in [-0.4, -0.2) is 49.5 Å². The van der Waals surface area contributed by atoms with E-state index in [9.17, 15) is 29.0 Å². The Kier molecular flexibility index (Phi) is 8.44. The van der Waals surface area contributed by atoms with Crippen molar-refractivity contribution in [2.45, 2.75) is 39.9 Å². The van der Waals surface area contributed by atoms with Crippen molar-refractivity contribution in [3.63, 3.8) is 0 Å². The Morgan fingerprint density at radius 3 is 2.42 bits per heavy atom. The maximum absolute atomic E-state index is 13.5. The number of amides is 1. The fourth-order valence-electron chi connectivity index (χ4n) is 3.81. The molecule has 0 spiro atoms. The molecule has 0 unspecified atom stereocenters. The number of carboxylic acids is 2. The summed E-state index contributed by atoms with van der Waals surface area (Å²) in [5, 5.41) is 21.4. The Morgan fingerprint density at radius 1 is 1.03 bits per heavy atom. The van der Waals surface area contributed by atoms with E-state index >= 15 is 0 Å². The van der Waals surface area contributed by atoms with Gasteiger partial charge in [-0.2, -0.15) is 0 Å². The number of hydrogen-bond acceptors (Lipinski definition) is 6. The SMILES string of the molecule is Cc1cc(CNC(=O)c2cc(CN(CC(=O)O)[C@H](C)c3ccc(C(=O)O)c(C)c3)ncn2)ccc1F. The van der Waals surface area contributed by atoms with Gasteiger partial charge in [-0.3, -0.25) is 14.5 Å². The number of aromatic carboxylic acids is 1. The van der Waals surface area contributed by atoms with Gasteiger partial charge in [-0.1, -0.05) is 24.3 Å². The molecule has 0 fully saturated rings. The first kappa shape index (κ1) is 26.4. The summed E-state index contributed by atoms with van der Waals surface area (Å²) in [6.45, 7) is 5.15. The lowest BCUT2D eigenvalue weighted by molar-refractivity contribution is -0.139. The number of nitrogens with zero attached hydrogens (tertiary/aromatic N) is 3. The van der Waals surface area contributed by atoms with Crippen molar-refractivity contribution in [1.82, 2.24) is 20.2 Å². The monoisotopic (exact) mass is 494 g/mol. The van der Waals surface area contributed by atoms with Crippen molar-refractivity contribution in [3.05, 3.63) is 93.8 Å². The second-order valence-corrected chi connectivity index (χ2v) is 8.52. The van der Waals surface area contributed by atoms with E-state index in [0.717, 1.165) is 11.1 Å². The number of benzene rings is 2. The standard InChI is InChI=1S/C26H27FN4O5/c1-15-9-19(5-6-21(15)26(35)36)17(3)31(13-24(32)33)12-20-10-23(30-14-29-20)25(34)28-11-18-4-7-22(27)16(2)8-18/h4-10,14,17H,11-13H2,1-3H3,(H,28,34)(H,32,33)(H,35,36)/t17-/m1/s1. The zero-order valence-electron chi connectivity index (χ0n) is 20.2. The third-order valence-corrected chi connectivity index (χ3v) is 5.85. The number of rotatable bonds is 10. The van der Waals surface area contributed by atoms with Crippen molar-refractivity contribution < 1.29 is 29.0 Å². The summed E-state index contributed by atoms with van der Waals surface area (Å²) >= 11 is 0. The fourth-order valence-corrected chi connectivity index (χ4v) is 3.81. The molecule has 10 heteroatoms. The molecule has 0 radical (unpaired) electrons. The summed E-state index contributed by atoms with van der Waals surface area (Å²) in [5.74, 6) is -2.84. The smallest absolute Gasteiger partial charge is 0.335 e. The molecule has 2 aromatic carbocycles. The van der Waals surface area contributed by atoms with Crippen LogP contribution in [0.25, 0.3) is 0 Å². The molecule has 1 heterocycles. The van der Waals surface area contributed by atoms with Crippen LogP contribution < -0.4 is 5.32 Å². The largest absolute Gasteiger partial charge is 0.480 e. The number of carbonyl (C=O) groups is 3. The number of halogens is 1. The van der Waals surface area contributed by atoms with Crippen molar-refractivity contribution in [2.75, 3.05) is 6.54 Å². The molecule has 1 atom stereocenters. The van der Waals surface area contributed by atoms with Crippen LogP contribution in [0, 0.1) is 19.7 Å². The Labute approximate surface area is 207 Å². The van der Waals surface area contributed by atoms with Gasteiger partial charge in [-0.25, -0.2) is 19.2 Å². The van der Waals surface area contributed by atoms with E-state index in [0.29, 0.717) is 16.8 Å². The molecule has 1 aromatic heterocycles. The molecule has 0 bridgehead atoms. The van der Waals surface area contributed by atoms with Crippen LogP contribution in [0.15, 0.2) is 48.8 Å². The Balaban J connectivity index is 1.75. The van der Waals surface area contributed by atoms with Crippen molar-refractivity contribution >= 4 is 17.8 Å². The van der Waals surface area contributed by atoms with Crippen molar-refractivity contribution in [3.8, 4) is 0 Å². The van der Waals surface area contributed by atoms with Crippen LogP contribution in [0.1, 0.15) is 61.8 Å². The molecule has 36 heavy (non-hydrogen) atoms. The number of carboxylic acid groups (broad SMARTS) is 2. The molecule has 1 amide bonds. The highest BCUT2D eigenvalue weighted by atomic mass is 19.1. The van der Waals surface area contributed by atoms with Gasteiger partial charge in [0, 0.05) is 19.1 Å². The molecule has 3 N–H and O–H groups in total. The van der Waals surface area contributed by atoms with E-state index in [1.807, 2.05) is 6.92 Å². The minimum Gasteiger partial charge on any atom is -0.480 e. The average Bonchev–Trinajstić information content (AvgIpc) is 2.83. The summed E-state index contributed by atoms with van der Waals surface area (Å²) in [6.07, 6.45) is 1.24. The number of carbonyl (C=O) groups excluding carboxylic acids is 1. The van der Waals surface area contributed by atoms with Crippen LogP contribution in [0.3, 0.4) is 0 Å². The van der Waals surface area contributed by atoms with Gasteiger partial charge in [0.15, 0.2) is 0 Å². The third-order valence-electron chi connectivity index (χ3n) is 5.85. The van der Waals surface area contributed by atoms with Gasteiger partial charge in [0.25, 0.3) is 5.91 Å². The maximum Gasteiger partial charge on any atom is 0.335 e. The van der Waals surface area contributed by atoms with E-state index in [1.165, 1.54) is 24.5 Å².